The molecule has 0 heterocycles. The summed E-state index contributed by atoms with van der Waals surface area (Å²) in [7, 11) is 1.21. The second-order valence-electron chi connectivity index (χ2n) is 3.40. The second kappa shape index (κ2) is 5.71. The van der Waals surface area contributed by atoms with Crippen molar-refractivity contribution in [2.75, 3.05) is 7.11 Å². The smallest absolute Gasteiger partial charge is 0.305 e. The molecule has 0 atom stereocenters. The molecule has 0 aliphatic rings. The Morgan fingerprint density at radius 2 is 1.94 bits per heavy atom. The van der Waals surface area contributed by atoms with Gasteiger partial charge < -0.3 is 4.74 Å². The molecule has 0 radical (unpaired) electrons. The third kappa shape index (κ3) is 3.24. The Morgan fingerprint density at radius 1 is 1.28 bits per heavy atom. The van der Waals surface area contributed by atoms with Crippen LogP contribution in [0.3, 0.4) is 0 Å². The van der Waals surface area contributed by atoms with Gasteiger partial charge in [-0.15, -0.1) is 0 Å². The third-order valence-corrected chi connectivity index (χ3v) is 2.30. The molecule has 0 aliphatic carbocycles. The van der Waals surface area contributed by atoms with Crippen LogP contribution in [0.25, 0.3) is 0 Å². The minimum atomic E-state index is -0.711. The van der Waals surface area contributed by atoms with E-state index in [2.05, 4.69) is 4.74 Å². The van der Waals surface area contributed by atoms with Crippen molar-refractivity contribution in [2.24, 2.45) is 0 Å². The maximum atomic E-state index is 10.9. The first-order chi connectivity index (χ1) is 8.45. The fraction of sp³-hybridized carbons (Fsp3) is 0.300. The van der Waals surface area contributed by atoms with Crippen LogP contribution in [0, 0.1) is 20.2 Å². The van der Waals surface area contributed by atoms with E-state index in [1.165, 1.54) is 19.2 Å². The fourth-order valence-electron chi connectivity index (χ4n) is 1.39. The van der Waals surface area contributed by atoms with E-state index in [1.54, 1.807) is 0 Å². The van der Waals surface area contributed by atoms with Gasteiger partial charge in [0.15, 0.2) is 0 Å². The fourth-order valence-corrected chi connectivity index (χ4v) is 1.39. The summed E-state index contributed by atoms with van der Waals surface area (Å²) in [5.41, 5.74) is -0.465. The minimum Gasteiger partial charge on any atom is -0.469 e. The summed E-state index contributed by atoms with van der Waals surface area (Å²) < 4.78 is 4.42. The van der Waals surface area contributed by atoms with Gasteiger partial charge in [-0.05, 0) is 12.5 Å². The summed E-state index contributed by atoms with van der Waals surface area (Å²) in [6, 6.07) is 3.32. The number of esters is 1. The highest BCUT2D eigenvalue weighted by atomic mass is 16.6. The van der Waals surface area contributed by atoms with Gasteiger partial charge in [0.1, 0.15) is 0 Å². The average Bonchev–Trinajstić information content (AvgIpc) is 2.35. The Hall–Kier alpha value is -2.51. The predicted molar refractivity (Wildman–Crippen MR) is 60.1 cm³/mol. The van der Waals surface area contributed by atoms with Crippen LogP contribution in [0.4, 0.5) is 11.4 Å². The topological polar surface area (TPSA) is 113 Å². The predicted octanol–water partition coefficient (Wildman–Crippen LogP) is 1.61. The van der Waals surface area contributed by atoms with Crippen molar-refractivity contribution in [2.45, 2.75) is 12.8 Å². The van der Waals surface area contributed by atoms with Crippen LogP contribution in [0.5, 0.6) is 0 Å². The number of rotatable bonds is 5. The van der Waals surface area contributed by atoms with E-state index in [9.17, 15) is 25.0 Å². The normalized spacial score (nSPS) is 9.83. The van der Waals surface area contributed by atoms with Gasteiger partial charge in [-0.25, -0.2) is 0 Å². The van der Waals surface area contributed by atoms with E-state index in [-0.39, 0.29) is 29.8 Å². The molecule has 8 nitrogen and oxygen atoms in total. The van der Waals surface area contributed by atoms with Gasteiger partial charge in [-0.1, -0.05) is 0 Å². The lowest BCUT2D eigenvalue weighted by Crippen LogP contribution is -2.04. The number of carbonyl (C=O) groups is 1. The Kier molecular flexibility index (Phi) is 4.30. The summed E-state index contributed by atoms with van der Waals surface area (Å²) in [5, 5.41) is 21.3. The summed E-state index contributed by atoms with van der Waals surface area (Å²) in [6.45, 7) is 0. The van der Waals surface area contributed by atoms with Crippen LogP contribution in [0.2, 0.25) is 0 Å². The van der Waals surface area contributed by atoms with Crippen molar-refractivity contribution < 1.29 is 19.4 Å². The SMILES string of the molecule is COC(=O)CCc1ccc([N+](=O)[O-])cc1[N+](=O)[O-]. The van der Waals surface area contributed by atoms with Gasteiger partial charge in [-0.3, -0.25) is 25.0 Å². The number of nitro benzene ring substituents is 2. The van der Waals surface area contributed by atoms with E-state index >= 15 is 0 Å². The summed E-state index contributed by atoms with van der Waals surface area (Å²) in [6.07, 6.45) is 0.0795. The van der Waals surface area contributed by atoms with Gasteiger partial charge >= 0.3 is 5.97 Å². The maximum Gasteiger partial charge on any atom is 0.305 e. The number of nitro groups is 2. The lowest BCUT2D eigenvalue weighted by atomic mass is 10.1. The number of non-ortho nitro benzene ring substituents is 1. The van der Waals surface area contributed by atoms with Crippen LogP contribution in [0.15, 0.2) is 18.2 Å². The zero-order valence-corrected chi connectivity index (χ0v) is 9.49. The zero-order chi connectivity index (χ0) is 13.7. The van der Waals surface area contributed by atoms with Crippen LogP contribution in [-0.2, 0) is 16.0 Å². The molecule has 8 heteroatoms. The molecule has 0 bridgehead atoms. The lowest BCUT2D eigenvalue weighted by Gasteiger charge is -2.02. The molecule has 1 rings (SSSR count). The molecule has 96 valence electrons. The molecule has 0 aliphatic heterocycles. The molecule has 0 saturated heterocycles. The summed E-state index contributed by atoms with van der Waals surface area (Å²) in [4.78, 5) is 30.8. The second-order valence-corrected chi connectivity index (χ2v) is 3.40. The number of benzene rings is 1. The zero-order valence-electron chi connectivity index (χ0n) is 9.49. The minimum absolute atomic E-state index is 0.0187. The van der Waals surface area contributed by atoms with E-state index in [4.69, 9.17) is 0 Å². The highest BCUT2D eigenvalue weighted by Crippen LogP contribution is 2.25. The molecule has 0 N–H and O–H groups in total. The number of carbonyl (C=O) groups excluding carboxylic acids is 1. The summed E-state index contributed by atoms with van der Waals surface area (Å²) >= 11 is 0. The number of hydrogen-bond donors (Lipinski definition) is 0. The Balaban J connectivity index is 3.00. The summed E-state index contributed by atoms with van der Waals surface area (Å²) in [5.74, 6) is -0.498. The first-order valence-corrected chi connectivity index (χ1v) is 4.94. The van der Waals surface area contributed by atoms with Crippen molar-refractivity contribution >= 4 is 17.3 Å². The van der Waals surface area contributed by atoms with Crippen LogP contribution in [-0.4, -0.2) is 22.9 Å². The van der Waals surface area contributed by atoms with Crippen molar-refractivity contribution in [1.29, 1.82) is 0 Å². The largest absolute Gasteiger partial charge is 0.469 e. The number of methoxy groups -OCH3 is 1. The van der Waals surface area contributed by atoms with Crippen LogP contribution < -0.4 is 0 Å². The van der Waals surface area contributed by atoms with Gasteiger partial charge in [-0.2, -0.15) is 0 Å². The van der Waals surface area contributed by atoms with Crippen molar-refractivity contribution in [3.8, 4) is 0 Å². The van der Waals surface area contributed by atoms with Crippen LogP contribution >= 0.6 is 0 Å². The van der Waals surface area contributed by atoms with Gasteiger partial charge in [0.2, 0.25) is 0 Å². The molecular formula is C10H10N2O6. The molecule has 0 unspecified atom stereocenters. The molecule has 0 saturated carbocycles. The Bertz CT molecular complexity index is 499. The molecular weight excluding hydrogens is 244 g/mol. The van der Waals surface area contributed by atoms with Gasteiger partial charge in [0.25, 0.3) is 11.4 Å². The lowest BCUT2D eigenvalue weighted by molar-refractivity contribution is -0.394. The van der Waals surface area contributed by atoms with Crippen molar-refractivity contribution in [3.05, 3.63) is 44.0 Å². The van der Waals surface area contributed by atoms with E-state index < -0.39 is 15.8 Å². The maximum absolute atomic E-state index is 10.9. The average molecular weight is 254 g/mol. The molecule has 0 fully saturated rings. The monoisotopic (exact) mass is 254 g/mol. The quantitative estimate of drug-likeness (QED) is 0.448. The molecule has 0 amide bonds. The first-order valence-electron chi connectivity index (χ1n) is 4.94. The number of aryl methyl sites for hydroxylation is 1. The van der Waals surface area contributed by atoms with Crippen molar-refractivity contribution in [1.82, 2.24) is 0 Å². The molecule has 0 aromatic heterocycles. The van der Waals surface area contributed by atoms with Gasteiger partial charge in [0.05, 0.1) is 23.0 Å². The van der Waals surface area contributed by atoms with E-state index in [1.807, 2.05) is 0 Å². The Labute approximate surface area is 101 Å². The molecule has 0 spiro atoms. The highest BCUT2D eigenvalue weighted by molar-refractivity contribution is 5.69. The van der Waals surface area contributed by atoms with Crippen LogP contribution in [0.1, 0.15) is 12.0 Å². The first kappa shape index (κ1) is 13.6. The van der Waals surface area contributed by atoms with Crippen molar-refractivity contribution in [3.63, 3.8) is 0 Å². The number of hydrogen-bond acceptors (Lipinski definition) is 6. The molecule has 1 aromatic rings. The number of ether oxygens (including phenoxy) is 1. The number of nitrogens with zero attached hydrogens (tertiary/aromatic N) is 2. The standard InChI is InChI=1S/C10H10N2O6/c1-18-10(13)5-3-7-2-4-8(11(14)15)6-9(7)12(16)17/h2,4,6H,3,5H2,1H3. The third-order valence-electron chi connectivity index (χ3n) is 2.30. The molecule has 18 heavy (non-hydrogen) atoms. The highest BCUT2D eigenvalue weighted by Gasteiger charge is 2.19. The Morgan fingerprint density at radius 3 is 2.44 bits per heavy atom. The van der Waals surface area contributed by atoms with E-state index in [0.29, 0.717) is 0 Å². The van der Waals surface area contributed by atoms with Gasteiger partial charge in [0, 0.05) is 18.1 Å². The van der Waals surface area contributed by atoms with E-state index in [0.717, 1.165) is 6.07 Å². The molecule has 1 aromatic carbocycles.